The van der Waals surface area contributed by atoms with E-state index in [0.29, 0.717) is 31.1 Å². The number of nitrogens with two attached hydrogens (primary N) is 1. The Balaban J connectivity index is 1.81. The summed E-state index contributed by atoms with van der Waals surface area (Å²) < 4.78 is 10.5. The molecule has 0 bridgehead atoms. The quantitative estimate of drug-likeness (QED) is 0.587. The number of hydrogen-bond donors (Lipinski definition) is 1. The van der Waals surface area contributed by atoms with Crippen molar-refractivity contribution in [1.82, 2.24) is 19.8 Å². The molecule has 0 aliphatic carbocycles. The average molecular weight is 442 g/mol. The molecule has 0 radical (unpaired) electrons. The van der Waals surface area contributed by atoms with E-state index in [4.69, 9.17) is 15.2 Å². The number of carbonyl (C=O) groups is 2. The Labute approximate surface area is 188 Å². The Bertz CT molecular complexity index is 896. The van der Waals surface area contributed by atoms with E-state index in [2.05, 4.69) is 14.9 Å². The summed E-state index contributed by atoms with van der Waals surface area (Å²) in [6.45, 7) is 7.76. The fourth-order valence-electron chi connectivity index (χ4n) is 4.05. The molecule has 1 fully saturated rings. The Morgan fingerprint density at radius 2 is 1.72 bits per heavy atom. The summed E-state index contributed by atoms with van der Waals surface area (Å²) >= 11 is 0. The highest BCUT2D eigenvalue weighted by atomic mass is 16.6. The van der Waals surface area contributed by atoms with Gasteiger partial charge in [-0.2, -0.15) is 0 Å². The number of piperazine rings is 1. The van der Waals surface area contributed by atoms with Crippen LogP contribution in [0.25, 0.3) is 11.4 Å². The zero-order valence-corrected chi connectivity index (χ0v) is 18.9. The zero-order valence-electron chi connectivity index (χ0n) is 18.9. The standard InChI is InChI=1S/C23H31N5O4/c1-23(2,32-22(24)30)20(28-11-9-27(10-12-28)13-14-31-3)19(29)18-15-25-21(26-16-18)17-7-5-4-6-8-17/h4-8,15-16,20H,9-14H2,1-3H3,(H2,24,30). The maximum atomic E-state index is 13.6. The van der Waals surface area contributed by atoms with Crippen molar-refractivity contribution in [2.24, 2.45) is 5.73 Å². The van der Waals surface area contributed by atoms with Crippen LogP contribution in [0.2, 0.25) is 0 Å². The van der Waals surface area contributed by atoms with Gasteiger partial charge in [-0.3, -0.25) is 14.6 Å². The second-order valence-electron chi connectivity index (χ2n) is 8.32. The summed E-state index contributed by atoms with van der Waals surface area (Å²) in [7, 11) is 1.68. The zero-order chi connectivity index (χ0) is 23.1. The van der Waals surface area contributed by atoms with Crippen molar-refractivity contribution >= 4 is 11.9 Å². The van der Waals surface area contributed by atoms with Gasteiger partial charge in [0.25, 0.3) is 0 Å². The number of ketones is 1. The molecule has 1 aliphatic rings. The van der Waals surface area contributed by atoms with Crippen LogP contribution in [0, 0.1) is 0 Å². The second kappa shape index (κ2) is 10.6. The van der Waals surface area contributed by atoms with Crippen LogP contribution in [-0.4, -0.2) is 89.7 Å². The molecule has 1 aliphatic heterocycles. The molecule has 1 aromatic heterocycles. The first-order valence-electron chi connectivity index (χ1n) is 10.7. The first kappa shape index (κ1) is 23.8. The molecule has 1 atom stereocenters. The van der Waals surface area contributed by atoms with Crippen LogP contribution in [-0.2, 0) is 9.47 Å². The van der Waals surface area contributed by atoms with E-state index in [1.807, 2.05) is 35.2 Å². The fraction of sp³-hybridized carbons (Fsp3) is 0.478. The Morgan fingerprint density at radius 1 is 1.09 bits per heavy atom. The van der Waals surface area contributed by atoms with Crippen LogP contribution < -0.4 is 5.73 Å². The maximum Gasteiger partial charge on any atom is 0.405 e. The van der Waals surface area contributed by atoms with Crippen molar-refractivity contribution in [1.29, 1.82) is 0 Å². The predicted octanol–water partition coefficient (Wildman–Crippen LogP) is 1.83. The molecule has 172 valence electrons. The molecule has 9 heteroatoms. The molecule has 1 aromatic carbocycles. The number of benzene rings is 1. The summed E-state index contributed by atoms with van der Waals surface area (Å²) in [5.74, 6) is 0.333. The van der Waals surface area contributed by atoms with Crippen LogP contribution in [0.1, 0.15) is 24.2 Å². The SMILES string of the molecule is COCCN1CCN(C(C(=O)c2cnc(-c3ccccc3)nc2)C(C)(C)OC(N)=O)CC1. The molecule has 0 saturated carbocycles. The van der Waals surface area contributed by atoms with Crippen molar-refractivity contribution in [2.75, 3.05) is 46.4 Å². The summed E-state index contributed by atoms with van der Waals surface area (Å²) in [6.07, 6.45) is 2.14. The summed E-state index contributed by atoms with van der Waals surface area (Å²) in [6, 6.07) is 8.83. The molecular formula is C23H31N5O4. The largest absolute Gasteiger partial charge is 0.442 e. The van der Waals surface area contributed by atoms with E-state index < -0.39 is 17.7 Å². The van der Waals surface area contributed by atoms with E-state index in [1.54, 1.807) is 21.0 Å². The highest BCUT2D eigenvalue weighted by Gasteiger charge is 2.43. The fourth-order valence-corrected chi connectivity index (χ4v) is 4.05. The minimum atomic E-state index is -1.13. The molecule has 0 spiro atoms. The number of methoxy groups -OCH3 is 1. The highest BCUT2D eigenvalue weighted by Crippen LogP contribution is 2.26. The molecule has 1 unspecified atom stereocenters. The van der Waals surface area contributed by atoms with Crippen LogP contribution in [0.15, 0.2) is 42.7 Å². The minimum Gasteiger partial charge on any atom is -0.442 e. The number of Topliss-reactive ketones (excluding diaryl/α,β-unsaturated/α-hetero) is 1. The lowest BCUT2D eigenvalue weighted by Gasteiger charge is -2.44. The second-order valence-corrected chi connectivity index (χ2v) is 8.32. The third-order valence-electron chi connectivity index (χ3n) is 5.62. The molecule has 1 saturated heterocycles. The number of hydrogen-bond acceptors (Lipinski definition) is 8. The Hall–Kier alpha value is -2.88. The van der Waals surface area contributed by atoms with Gasteiger partial charge in [-0.15, -0.1) is 0 Å². The van der Waals surface area contributed by atoms with Crippen LogP contribution in [0.3, 0.4) is 0 Å². The molecule has 3 rings (SSSR count). The molecule has 2 aromatic rings. The number of aromatic nitrogens is 2. The minimum absolute atomic E-state index is 0.207. The van der Waals surface area contributed by atoms with E-state index in [1.165, 1.54) is 12.4 Å². The smallest absolute Gasteiger partial charge is 0.405 e. The van der Waals surface area contributed by atoms with Gasteiger partial charge in [0.2, 0.25) is 0 Å². The summed E-state index contributed by atoms with van der Waals surface area (Å²) in [5, 5.41) is 0. The van der Waals surface area contributed by atoms with Gasteiger partial charge in [-0.05, 0) is 13.8 Å². The lowest BCUT2D eigenvalue weighted by molar-refractivity contribution is -0.0336. The van der Waals surface area contributed by atoms with Gasteiger partial charge in [-0.1, -0.05) is 30.3 Å². The number of primary amides is 1. The molecule has 32 heavy (non-hydrogen) atoms. The maximum absolute atomic E-state index is 13.6. The van der Waals surface area contributed by atoms with Gasteiger partial charge >= 0.3 is 6.09 Å². The number of carbonyl (C=O) groups excluding carboxylic acids is 2. The van der Waals surface area contributed by atoms with Crippen LogP contribution in [0.5, 0.6) is 0 Å². The van der Waals surface area contributed by atoms with Gasteiger partial charge in [-0.25, -0.2) is 14.8 Å². The predicted molar refractivity (Wildman–Crippen MR) is 120 cm³/mol. The number of rotatable bonds is 9. The monoisotopic (exact) mass is 441 g/mol. The number of amides is 1. The van der Waals surface area contributed by atoms with E-state index >= 15 is 0 Å². The first-order chi connectivity index (χ1) is 15.3. The van der Waals surface area contributed by atoms with Crippen LogP contribution >= 0.6 is 0 Å². The molecule has 1 amide bonds. The number of nitrogens with zero attached hydrogens (tertiary/aromatic N) is 4. The van der Waals surface area contributed by atoms with Gasteiger partial charge in [0.1, 0.15) is 11.6 Å². The van der Waals surface area contributed by atoms with Crippen LogP contribution in [0.4, 0.5) is 4.79 Å². The third kappa shape index (κ3) is 5.87. The topological polar surface area (TPSA) is 111 Å². The van der Waals surface area contributed by atoms with E-state index in [0.717, 1.165) is 25.2 Å². The average Bonchev–Trinajstić information content (AvgIpc) is 2.78. The third-order valence-corrected chi connectivity index (χ3v) is 5.62. The van der Waals surface area contributed by atoms with Gasteiger partial charge in [0, 0.05) is 57.8 Å². The number of ether oxygens (including phenoxy) is 2. The van der Waals surface area contributed by atoms with Gasteiger partial charge < -0.3 is 15.2 Å². The highest BCUT2D eigenvalue weighted by molar-refractivity contribution is 6.00. The van der Waals surface area contributed by atoms with Crippen molar-refractivity contribution in [3.05, 3.63) is 48.3 Å². The van der Waals surface area contributed by atoms with E-state index in [-0.39, 0.29) is 5.78 Å². The molecule has 9 nitrogen and oxygen atoms in total. The lowest BCUT2D eigenvalue weighted by Crippen LogP contribution is -2.61. The van der Waals surface area contributed by atoms with Crippen molar-refractivity contribution in [3.63, 3.8) is 0 Å². The first-order valence-corrected chi connectivity index (χ1v) is 10.7. The summed E-state index contributed by atoms with van der Waals surface area (Å²) in [5.41, 5.74) is 5.41. The van der Waals surface area contributed by atoms with Gasteiger partial charge in [0.05, 0.1) is 12.2 Å². The van der Waals surface area contributed by atoms with E-state index in [9.17, 15) is 9.59 Å². The van der Waals surface area contributed by atoms with Gasteiger partial charge in [0.15, 0.2) is 11.6 Å². The van der Waals surface area contributed by atoms with Crippen molar-refractivity contribution in [2.45, 2.75) is 25.5 Å². The van der Waals surface area contributed by atoms with Crippen molar-refractivity contribution < 1.29 is 19.1 Å². The summed E-state index contributed by atoms with van der Waals surface area (Å²) in [4.78, 5) is 38.2. The lowest BCUT2D eigenvalue weighted by atomic mass is 9.89. The Morgan fingerprint density at radius 3 is 2.28 bits per heavy atom. The molecule has 2 N–H and O–H groups in total. The normalized spacial score (nSPS) is 16.5. The Kier molecular flexibility index (Phi) is 7.89. The van der Waals surface area contributed by atoms with Crippen molar-refractivity contribution in [3.8, 4) is 11.4 Å². The molecule has 2 heterocycles. The molecular weight excluding hydrogens is 410 g/mol.